The maximum atomic E-state index is 12.9. The highest BCUT2D eigenvalue weighted by atomic mass is 35.5. The maximum absolute atomic E-state index is 12.9. The van der Waals surface area contributed by atoms with E-state index in [1.807, 2.05) is 12.1 Å². The number of benzene rings is 1. The third-order valence-corrected chi connectivity index (χ3v) is 6.22. The Morgan fingerprint density at radius 1 is 1.37 bits per heavy atom. The van der Waals surface area contributed by atoms with Crippen molar-refractivity contribution in [2.75, 3.05) is 13.1 Å². The average Bonchev–Trinajstić information content (AvgIpc) is 3.29. The number of carbonyl (C=O) groups excluding carboxylic acids is 1. The zero-order valence-corrected chi connectivity index (χ0v) is 16.4. The van der Waals surface area contributed by atoms with Gasteiger partial charge in [-0.2, -0.15) is 0 Å². The second-order valence-electron chi connectivity index (χ2n) is 7.69. The number of ketones is 1. The Hall–Kier alpha value is -2.04. The number of alkyl halides is 1. The van der Waals surface area contributed by atoms with Crippen LogP contribution in [0.5, 0.6) is 0 Å². The van der Waals surface area contributed by atoms with E-state index >= 15 is 0 Å². The van der Waals surface area contributed by atoms with Gasteiger partial charge in [-0.1, -0.05) is 24.3 Å². The van der Waals surface area contributed by atoms with Gasteiger partial charge in [0.25, 0.3) is 0 Å². The Morgan fingerprint density at radius 2 is 2.22 bits per heavy atom. The van der Waals surface area contributed by atoms with Crippen molar-refractivity contribution in [3.05, 3.63) is 58.4 Å². The molecule has 3 aliphatic rings. The molecule has 2 atom stereocenters. The molecule has 1 aromatic carbocycles. The van der Waals surface area contributed by atoms with E-state index < -0.39 is 0 Å². The van der Waals surface area contributed by atoms with Crippen LogP contribution in [0, 0.1) is 5.92 Å². The van der Waals surface area contributed by atoms with E-state index in [4.69, 9.17) is 17.3 Å². The van der Waals surface area contributed by atoms with Gasteiger partial charge >= 0.3 is 0 Å². The molecule has 142 valence electrons. The second kappa shape index (κ2) is 7.53. The molecule has 1 saturated heterocycles. The Bertz CT molecular complexity index is 862. The third-order valence-electron chi connectivity index (χ3n) is 5.86. The van der Waals surface area contributed by atoms with Gasteiger partial charge in [-0.25, -0.2) is 0 Å². The molecular weight excluding hydrogens is 358 g/mol. The normalized spacial score (nSPS) is 24.4. The molecule has 0 radical (unpaired) electrons. The number of halogens is 1. The van der Waals surface area contributed by atoms with Crippen molar-refractivity contribution in [2.24, 2.45) is 11.7 Å². The first-order valence-electron chi connectivity index (χ1n) is 9.69. The first kappa shape index (κ1) is 18.3. The largest absolute Gasteiger partial charge is 0.385 e. The van der Waals surface area contributed by atoms with Gasteiger partial charge in [0.2, 0.25) is 0 Å². The molecule has 1 fully saturated rings. The molecule has 2 aliphatic heterocycles. The Balaban J connectivity index is 1.58. The molecule has 27 heavy (non-hydrogen) atoms. The molecule has 4 rings (SSSR count). The minimum Gasteiger partial charge on any atom is -0.385 e. The van der Waals surface area contributed by atoms with E-state index in [0.717, 1.165) is 48.2 Å². The smallest absolute Gasteiger partial charge is 0.167 e. The molecule has 0 saturated carbocycles. The summed E-state index contributed by atoms with van der Waals surface area (Å²) < 4.78 is 0. The van der Waals surface area contributed by atoms with Crippen LogP contribution in [0.1, 0.15) is 42.9 Å². The predicted molar refractivity (Wildman–Crippen MR) is 111 cm³/mol. The topological polar surface area (TPSA) is 67.1 Å². The van der Waals surface area contributed by atoms with Gasteiger partial charge in [-0.15, -0.1) is 11.6 Å². The number of nitrogens with one attached hydrogen (secondary N) is 2. The average molecular weight is 384 g/mol. The third kappa shape index (κ3) is 3.56. The highest BCUT2D eigenvalue weighted by Crippen LogP contribution is 2.36. The van der Waals surface area contributed by atoms with E-state index in [2.05, 4.69) is 35.8 Å². The second-order valence-corrected chi connectivity index (χ2v) is 8.16. The van der Waals surface area contributed by atoms with E-state index in [1.54, 1.807) is 0 Å². The summed E-state index contributed by atoms with van der Waals surface area (Å²) in [5.74, 6) is 1.23. The number of nitrogens with two attached hydrogens (primary N) is 1. The van der Waals surface area contributed by atoms with Crippen LogP contribution < -0.4 is 16.4 Å². The van der Waals surface area contributed by atoms with Crippen LogP contribution in [0.3, 0.4) is 0 Å². The van der Waals surface area contributed by atoms with Crippen LogP contribution in [0.2, 0.25) is 0 Å². The maximum Gasteiger partial charge on any atom is 0.167 e. The number of allylic oxidation sites excluding steroid dienone is 5. The van der Waals surface area contributed by atoms with Crippen molar-refractivity contribution in [3.8, 4) is 0 Å². The van der Waals surface area contributed by atoms with Crippen molar-refractivity contribution >= 4 is 28.5 Å². The van der Waals surface area contributed by atoms with Crippen molar-refractivity contribution < 1.29 is 4.79 Å². The Morgan fingerprint density at radius 3 is 2.93 bits per heavy atom. The van der Waals surface area contributed by atoms with Gasteiger partial charge in [0, 0.05) is 13.0 Å². The summed E-state index contributed by atoms with van der Waals surface area (Å²) in [6.07, 6.45) is 6.69. The van der Waals surface area contributed by atoms with E-state index in [1.165, 1.54) is 5.57 Å². The molecule has 1 aromatic rings. The summed E-state index contributed by atoms with van der Waals surface area (Å²) in [5, 5.41) is 6.46. The number of rotatable bonds is 5. The van der Waals surface area contributed by atoms with Gasteiger partial charge in [0.05, 0.1) is 11.0 Å². The van der Waals surface area contributed by atoms with Gasteiger partial charge in [-0.05, 0) is 72.7 Å². The zero-order valence-electron chi connectivity index (χ0n) is 15.6. The SMILES string of the molecule is CC1=C(c2ccc3c(c2)CNC(N)=C3C(=O)CC[C@@H]2CCNC2)C(Cl)C=C1. The molecule has 5 heteroatoms. The fourth-order valence-electron chi connectivity index (χ4n) is 4.32. The summed E-state index contributed by atoms with van der Waals surface area (Å²) in [4.78, 5) is 12.9. The van der Waals surface area contributed by atoms with Crippen LogP contribution >= 0.6 is 11.6 Å². The standard InChI is InChI=1S/C22H26ClN3O/c1-13-2-6-18(23)20(13)15-4-5-17-16(10-15)12-26-22(24)21(17)19(27)7-3-14-8-9-25-11-14/h2,4-6,10,14,18,25-26H,3,7-9,11-12,24H2,1H3/t14-,18?/m1/s1. The lowest BCUT2D eigenvalue weighted by Crippen LogP contribution is -2.29. The van der Waals surface area contributed by atoms with Crippen molar-refractivity contribution in [1.82, 2.24) is 10.6 Å². The number of hydrogen-bond donors (Lipinski definition) is 3. The van der Waals surface area contributed by atoms with E-state index in [9.17, 15) is 4.79 Å². The predicted octanol–water partition coefficient (Wildman–Crippen LogP) is 3.33. The van der Waals surface area contributed by atoms with E-state index in [0.29, 0.717) is 30.3 Å². The van der Waals surface area contributed by atoms with E-state index in [-0.39, 0.29) is 11.2 Å². The first-order valence-corrected chi connectivity index (χ1v) is 10.1. The Labute approximate surface area is 165 Å². The van der Waals surface area contributed by atoms with Crippen LogP contribution in [0.4, 0.5) is 0 Å². The minimum absolute atomic E-state index is 0.0960. The number of hydrogen-bond acceptors (Lipinski definition) is 4. The minimum atomic E-state index is -0.0960. The Kier molecular flexibility index (Phi) is 5.11. The summed E-state index contributed by atoms with van der Waals surface area (Å²) >= 11 is 6.45. The number of Topliss-reactive ketones (excluding diaryl/α,β-unsaturated/α-hetero) is 1. The lowest BCUT2D eigenvalue weighted by molar-refractivity contribution is -0.114. The van der Waals surface area contributed by atoms with Gasteiger partial charge in [0.15, 0.2) is 5.78 Å². The van der Waals surface area contributed by atoms with Gasteiger partial charge in [0.1, 0.15) is 5.82 Å². The van der Waals surface area contributed by atoms with Crippen molar-refractivity contribution in [1.29, 1.82) is 0 Å². The molecule has 0 bridgehead atoms. The van der Waals surface area contributed by atoms with Crippen LogP contribution in [0.15, 0.2) is 41.7 Å². The van der Waals surface area contributed by atoms with Gasteiger partial charge in [-0.3, -0.25) is 4.79 Å². The first-order chi connectivity index (χ1) is 13.0. The van der Waals surface area contributed by atoms with Crippen LogP contribution in [-0.2, 0) is 11.3 Å². The molecule has 0 spiro atoms. The molecule has 4 N–H and O–H groups in total. The lowest BCUT2D eigenvalue weighted by Gasteiger charge is -2.23. The quantitative estimate of drug-likeness (QED) is 0.682. The molecule has 4 nitrogen and oxygen atoms in total. The highest BCUT2D eigenvalue weighted by Gasteiger charge is 2.26. The number of fused-ring (bicyclic) bond motifs is 1. The highest BCUT2D eigenvalue weighted by molar-refractivity contribution is 6.29. The summed E-state index contributed by atoms with van der Waals surface area (Å²) in [6, 6.07) is 6.24. The van der Waals surface area contributed by atoms with Crippen molar-refractivity contribution in [3.63, 3.8) is 0 Å². The fourth-order valence-corrected chi connectivity index (χ4v) is 4.69. The molecule has 1 unspecified atom stereocenters. The lowest BCUT2D eigenvalue weighted by atomic mass is 9.88. The molecule has 1 aliphatic carbocycles. The summed E-state index contributed by atoms with van der Waals surface area (Å²) in [7, 11) is 0. The van der Waals surface area contributed by atoms with Crippen molar-refractivity contribution in [2.45, 2.75) is 38.1 Å². The number of carbonyl (C=O) groups is 1. The van der Waals surface area contributed by atoms with Crippen LogP contribution in [-0.4, -0.2) is 24.2 Å². The molecular formula is C22H26ClN3O. The zero-order chi connectivity index (χ0) is 19.0. The van der Waals surface area contributed by atoms with Crippen LogP contribution in [0.25, 0.3) is 11.1 Å². The summed E-state index contributed by atoms with van der Waals surface area (Å²) in [6.45, 7) is 4.78. The summed E-state index contributed by atoms with van der Waals surface area (Å²) in [5.41, 5.74) is 12.3. The van der Waals surface area contributed by atoms with Gasteiger partial charge < -0.3 is 16.4 Å². The molecule has 2 heterocycles. The molecule has 0 amide bonds. The molecule has 0 aromatic heterocycles. The monoisotopic (exact) mass is 383 g/mol. The fraction of sp³-hybridized carbons (Fsp3) is 0.409.